The summed E-state index contributed by atoms with van der Waals surface area (Å²) in [6, 6.07) is 10.2. The van der Waals surface area contributed by atoms with E-state index in [9.17, 15) is 9.18 Å². The van der Waals surface area contributed by atoms with E-state index in [1.807, 2.05) is 0 Å². The molecule has 2 aliphatic heterocycles. The van der Waals surface area contributed by atoms with Crippen molar-refractivity contribution in [3.63, 3.8) is 0 Å². The Morgan fingerprint density at radius 2 is 2.07 bits per heavy atom. The molecule has 30 heavy (non-hydrogen) atoms. The molecule has 0 radical (unpaired) electrons. The Hall–Kier alpha value is -3.17. The third-order valence-electron chi connectivity index (χ3n) is 4.92. The van der Waals surface area contributed by atoms with Gasteiger partial charge >= 0.3 is 6.09 Å². The van der Waals surface area contributed by atoms with Crippen molar-refractivity contribution in [3.8, 4) is 22.6 Å². The highest BCUT2D eigenvalue weighted by atomic mass is 35.5. The van der Waals surface area contributed by atoms with Gasteiger partial charge in [0.15, 0.2) is 10.9 Å². The first kappa shape index (κ1) is 18.8. The number of nitrogens with zero attached hydrogens (tertiary/aromatic N) is 3. The van der Waals surface area contributed by atoms with E-state index in [2.05, 4.69) is 15.3 Å². The van der Waals surface area contributed by atoms with Crippen molar-refractivity contribution in [3.05, 3.63) is 71.0 Å². The van der Waals surface area contributed by atoms with Gasteiger partial charge in [-0.3, -0.25) is 5.32 Å². The average molecular weight is 443 g/mol. The molecule has 10 heteroatoms. The third-order valence-corrected chi connectivity index (χ3v) is 6.15. The molecular weight excluding hydrogens is 431 g/mol. The molecule has 0 saturated heterocycles. The number of fused-ring (bicyclic) bond motifs is 4. The van der Waals surface area contributed by atoms with Gasteiger partial charge < -0.3 is 9.84 Å². The van der Waals surface area contributed by atoms with Gasteiger partial charge in [0, 0.05) is 28.6 Å². The van der Waals surface area contributed by atoms with Crippen molar-refractivity contribution >= 4 is 34.6 Å². The zero-order valence-corrected chi connectivity index (χ0v) is 16.7. The summed E-state index contributed by atoms with van der Waals surface area (Å²) in [4.78, 5) is 23.7. The van der Waals surface area contributed by atoms with Crippen LogP contribution in [0.25, 0.3) is 11.1 Å². The number of pyridine rings is 2. The van der Waals surface area contributed by atoms with Crippen LogP contribution >= 0.6 is 23.4 Å². The molecule has 2 aromatic heterocycles. The van der Waals surface area contributed by atoms with Gasteiger partial charge in [0.25, 0.3) is 0 Å². The number of nitrogens with one attached hydrogen (secondary N) is 1. The summed E-state index contributed by atoms with van der Waals surface area (Å²) in [6.45, 7) is 0. The van der Waals surface area contributed by atoms with E-state index in [0.29, 0.717) is 39.5 Å². The van der Waals surface area contributed by atoms with E-state index < -0.39 is 17.6 Å². The van der Waals surface area contributed by atoms with Crippen molar-refractivity contribution in [2.75, 3.05) is 5.75 Å². The van der Waals surface area contributed by atoms with Crippen LogP contribution in [0.4, 0.5) is 9.18 Å². The van der Waals surface area contributed by atoms with Gasteiger partial charge in [0.05, 0.1) is 6.20 Å². The second-order valence-electron chi connectivity index (χ2n) is 6.65. The lowest BCUT2D eigenvalue weighted by Crippen LogP contribution is -2.31. The minimum absolute atomic E-state index is 0.257. The maximum atomic E-state index is 14.3. The zero-order valence-electron chi connectivity index (χ0n) is 15.1. The minimum atomic E-state index is -1.20. The summed E-state index contributed by atoms with van der Waals surface area (Å²) in [5, 5.41) is 11.9. The van der Waals surface area contributed by atoms with Crippen LogP contribution in [-0.4, -0.2) is 32.1 Å². The molecule has 3 aromatic rings. The maximum absolute atomic E-state index is 14.3. The zero-order chi connectivity index (χ0) is 20.9. The van der Waals surface area contributed by atoms with Crippen molar-refractivity contribution in [2.45, 2.75) is 5.54 Å². The van der Waals surface area contributed by atoms with E-state index in [0.717, 1.165) is 0 Å². The van der Waals surface area contributed by atoms with E-state index in [-0.39, 0.29) is 10.3 Å². The molecule has 1 aromatic carbocycles. The number of rotatable bonds is 1. The normalized spacial score (nSPS) is 18.9. The number of amides is 1. The van der Waals surface area contributed by atoms with Crippen molar-refractivity contribution < 1.29 is 19.0 Å². The second-order valence-corrected chi connectivity index (χ2v) is 8.01. The molecular formula is C20H12ClFN4O3S. The van der Waals surface area contributed by atoms with Gasteiger partial charge in [0.2, 0.25) is 5.95 Å². The smallest absolute Gasteiger partial charge is 0.410 e. The van der Waals surface area contributed by atoms with Crippen LogP contribution in [0.1, 0.15) is 11.1 Å². The predicted octanol–water partition coefficient (Wildman–Crippen LogP) is 4.66. The minimum Gasteiger partial charge on any atom is -0.465 e. The molecule has 2 N–H and O–H groups in total. The highest BCUT2D eigenvalue weighted by Gasteiger charge is 2.47. The summed E-state index contributed by atoms with van der Waals surface area (Å²) < 4.78 is 20.3. The van der Waals surface area contributed by atoms with Gasteiger partial charge in [-0.15, -0.1) is 0 Å². The number of amidine groups is 1. The largest absolute Gasteiger partial charge is 0.465 e. The standard InChI is InChI=1S/C20H12ClFN4O3S/c21-16-7-13-15(8-24-16)29-14-4-3-10(11-2-1-5-23-17(11)22)6-12(14)20(13)9-30-18(26-20)25-19(27)28/h1-8H,9H2,(H,25,26)(H,27,28). The SMILES string of the molecule is O=C(O)NC1=NC2(CS1)c1cc(-c3cccnc3F)ccc1Oc1cnc(Cl)cc12. The Kier molecular flexibility index (Phi) is 4.37. The number of benzene rings is 1. The molecule has 1 spiro atoms. The monoisotopic (exact) mass is 442 g/mol. The Bertz CT molecular complexity index is 1240. The molecule has 150 valence electrons. The maximum Gasteiger partial charge on any atom is 0.410 e. The Labute approximate surface area is 179 Å². The van der Waals surface area contributed by atoms with Crippen LogP contribution in [-0.2, 0) is 5.54 Å². The lowest BCUT2D eigenvalue weighted by Gasteiger charge is -2.34. The quantitative estimate of drug-likeness (QED) is 0.532. The predicted molar refractivity (Wildman–Crippen MR) is 111 cm³/mol. The van der Waals surface area contributed by atoms with E-state index in [1.54, 1.807) is 36.4 Å². The fourth-order valence-electron chi connectivity index (χ4n) is 3.64. The van der Waals surface area contributed by atoms with Gasteiger partial charge in [-0.2, -0.15) is 4.39 Å². The molecule has 0 aliphatic carbocycles. The van der Waals surface area contributed by atoms with Gasteiger partial charge in [-0.05, 0) is 35.9 Å². The Morgan fingerprint density at radius 1 is 1.23 bits per heavy atom. The van der Waals surface area contributed by atoms with Crippen LogP contribution in [0.15, 0.2) is 53.8 Å². The number of ether oxygens (including phenoxy) is 1. The number of hydrogen-bond acceptors (Lipinski definition) is 6. The van der Waals surface area contributed by atoms with Crippen molar-refractivity contribution in [1.29, 1.82) is 0 Å². The Balaban J connectivity index is 1.73. The lowest BCUT2D eigenvalue weighted by atomic mass is 9.81. The molecule has 1 unspecified atom stereocenters. The second kappa shape index (κ2) is 6.96. The summed E-state index contributed by atoms with van der Waals surface area (Å²) in [5.41, 5.74) is 1.31. The number of aliphatic imine (C=N–C) groups is 1. The number of carboxylic acid groups (broad SMARTS) is 1. The molecule has 4 heterocycles. The molecule has 0 fully saturated rings. The number of carbonyl (C=O) groups is 1. The van der Waals surface area contributed by atoms with E-state index >= 15 is 0 Å². The highest BCUT2D eigenvalue weighted by Crippen LogP contribution is 2.53. The topological polar surface area (TPSA) is 96.7 Å². The number of aromatic nitrogens is 2. The summed E-state index contributed by atoms with van der Waals surface area (Å²) in [7, 11) is 0. The van der Waals surface area contributed by atoms with Crippen molar-refractivity contribution in [1.82, 2.24) is 15.3 Å². The molecule has 7 nitrogen and oxygen atoms in total. The summed E-state index contributed by atoms with van der Waals surface area (Å²) >= 11 is 7.41. The van der Waals surface area contributed by atoms with Crippen LogP contribution in [0.3, 0.4) is 0 Å². The van der Waals surface area contributed by atoms with Crippen molar-refractivity contribution in [2.24, 2.45) is 4.99 Å². The first-order chi connectivity index (χ1) is 14.5. The van der Waals surface area contributed by atoms with Crippen LogP contribution in [0, 0.1) is 5.95 Å². The molecule has 2 aliphatic rings. The molecule has 5 rings (SSSR count). The lowest BCUT2D eigenvalue weighted by molar-refractivity contribution is 0.200. The molecule has 0 saturated carbocycles. The third kappa shape index (κ3) is 2.98. The van der Waals surface area contributed by atoms with Gasteiger partial charge in [-0.1, -0.05) is 29.4 Å². The Morgan fingerprint density at radius 3 is 2.87 bits per heavy atom. The van der Waals surface area contributed by atoms with E-state index in [1.165, 1.54) is 24.2 Å². The van der Waals surface area contributed by atoms with Crippen LogP contribution < -0.4 is 10.1 Å². The fourth-order valence-corrected chi connectivity index (χ4v) is 4.90. The molecule has 1 amide bonds. The van der Waals surface area contributed by atoms with Gasteiger partial charge in [-0.25, -0.2) is 19.8 Å². The van der Waals surface area contributed by atoms with Gasteiger partial charge in [0.1, 0.15) is 16.4 Å². The van der Waals surface area contributed by atoms with E-state index in [4.69, 9.17) is 26.4 Å². The number of halogens is 2. The average Bonchev–Trinajstić information content (AvgIpc) is 3.13. The fraction of sp³-hybridized carbons (Fsp3) is 0.100. The molecule has 1 atom stereocenters. The first-order valence-electron chi connectivity index (χ1n) is 8.78. The number of hydrogen-bond donors (Lipinski definition) is 2. The highest BCUT2D eigenvalue weighted by molar-refractivity contribution is 8.14. The number of thioether (sulfide) groups is 1. The summed E-state index contributed by atoms with van der Waals surface area (Å²) in [6.07, 6.45) is 1.69. The van der Waals surface area contributed by atoms with Crippen LogP contribution in [0.5, 0.6) is 11.5 Å². The van der Waals surface area contributed by atoms with Crippen LogP contribution in [0.2, 0.25) is 5.15 Å². The summed E-state index contributed by atoms with van der Waals surface area (Å²) in [5.74, 6) is 0.827. The molecule has 0 bridgehead atoms. The first-order valence-corrected chi connectivity index (χ1v) is 10.1.